The molecule has 21 heavy (non-hydrogen) atoms. The van der Waals surface area contributed by atoms with Crippen molar-refractivity contribution in [2.75, 3.05) is 13.2 Å². The van der Waals surface area contributed by atoms with Gasteiger partial charge in [0.15, 0.2) is 0 Å². The fraction of sp³-hybridized carbons (Fsp3) is 0.286. The number of benzene rings is 1. The minimum absolute atomic E-state index is 0.193. The number of carboxylic acids is 1. The number of fused-ring (bicyclic) bond motifs is 1. The van der Waals surface area contributed by atoms with E-state index in [0.717, 1.165) is 0 Å². The molecule has 2 rings (SSSR count). The van der Waals surface area contributed by atoms with Crippen LogP contribution in [0.25, 0.3) is 10.9 Å². The van der Waals surface area contributed by atoms with Gasteiger partial charge in [-0.3, -0.25) is 0 Å². The van der Waals surface area contributed by atoms with Gasteiger partial charge in [-0.2, -0.15) is 0 Å². The number of aromatic nitrogens is 1. The van der Waals surface area contributed by atoms with E-state index in [1.807, 2.05) is 3.48 Å². The van der Waals surface area contributed by atoms with Crippen LogP contribution in [0, 0.1) is 0 Å². The van der Waals surface area contributed by atoms with Crippen LogP contribution in [0.2, 0.25) is 11.4 Å². The molecule has 0 aliphatic heterocycles. The van der Waals surface area contributed by atoms with Crippen molar-refractivity contribution in [3.05, 3.63) is 40.2 Å². The van der Waals surface area contributed by atoms with Crippen molar-refractivity contribution in [1.82, 2.24) is 3.48 Å². The van der Waals surface area contributed by atoms with Gasteiger partial charge in [0, 0.05) is 0 Å². The van der Waals surface area contributed by atoms with Crippen LogP contribution in [-0.2, 0) is 0 Å². The topological polar surface area (TPSA) is 94.5 Å². The number of carboxylic acid groups (broad SMARTS) is 1. The number of hydrogen-bond acceptors (Lipinski definition) is 4. The first-order valence-corrected chi connectivity index (χ1v) is 11.0. The van der Waals surface area contributed by atoms with E-state index in [1.165, 1.54) is 6.20 Å². The molecule has 0 aliphatic carbocycles. The Kier molecular flexibility index (Phi) is 4.70. The zero-order valence-electron chi connectivity index (χ0n) is 11.9. The third-order valence-corrected chi connectivity index (χ3v) is 5.51. The van der Waals surface area contributed by atoms with Crippen molar-refractivity contribution in [2.45, 2.75) is 11.4 Å². The van der Waals surface area contributed by atoms with Gasteiger partial charge >= 0.3 is 126 Å². The van der Waals surface area contributed by atoms with E-state index in [2.05, 4.69) is 11.4 Å². The molecule has 7 heteroatoms. The average molecular weight is 352 g/mol. The van der Waals surface area contributed by atoms with Gasteiger partial charge in [0.25, 0.3) is 0 Å². The summed E-state index contributed by atoms with van der Waals surface area (Å²) in [4.78, 5) is 23.4. The SMILES string of the molecule is C[As](C)n1cc(C(=O)O)c(=O)c2ccc(OCCN)cc21. The van der Waals surface area contributed by atoms with Crippen LogP contribution < -0.4 is 15.9 Å². The Hall–Kier alpha value is -1.78. The number of ether oxygens (including phenoxy) is 1. The number of nitrogens with zero attached hydrogens (tertiary/aromatic N) is 1. The van der Waals surface area contributed by atoms with Crippen LogP contribution >= 0.6 is 0 Å². The molecule has 1 aromatic heterocycles. The van der Waals surface area contributed by atoms with Crippen molar-refractivity contribution >= 4 is 31.7 Å². The Morgan fingerprint density at radius 3 is 2.71 bits per heavy atom. The summed E-state index contributed by atoms with van der Waals surface area (Å²) in [5, 5.41) is 9.57. The first kappa shape index (κ1) is 15.6. The van der Waals surface area contributed by atoms with Crippen molar-refractivity contribution in [2.24, 2.45) is 5.73 Å². The summed E-state index contributed by atoms with van der Waals surface area (Å²) in [6.07, 6.45) is 1.44. The molecule has 0 unspecified atom stereocenters. The molecular formula is C14H17AsN2O4. The molecule has 1 heterocycles. The molecule has 0 saturated carbocycles. The second-order valence-electron chi connectivity index (χ2n) is 4.68. The second kappa shape index (κ2) is 6.33. The molecular weight excluding hydrogens is 335 g/mol. The molecule has 3 N–H and O–H groups in total. The van der Waals surface area contributed by atoms with Crippen LogP contribution in [0.1, 0.15) is 10.4 Å². The Morgan fingerprint density at radius 2 is 2.14 bits per heavy atom. The summed E-state index contributed by atoms with van der Waals surface area (Å²) < 4.78 is 7.38. The van der Waals surface area contributed by atoms with Gasteiger partial charge in [0.2, 0.25) is 0 Å². The number of rotatable bonds is 5. The Balaban J connectivity index is 2.72. The maximum absolute atomic E-state index is 12.2. The van der Waals surface area contributed by atoms with E-state index < -0.39 is 26.3 Å². The third-order valence-electron chi connectivity index (χ3n) is 3.00. The van der Waals surface area contributed by atoms with Gasteiger partial charge in [-0.1, -0.05) is 0 Å². The van der Waals surface area contributed by atoms with E-state index in [4.69, 9.17) is 15.6 Å². The van der Waals surface area contributed by atoms with Gasteiger partial charge in [-0.15, -0.1) is 0 Å². The zero-order valence-corrected chi connectivity index (χ0v) is 13.7. The molecule has 0 saturated heterocycles. The molecule has 2 aromatic rings. The molecule has 0 aliphatic rings. The number of hydrogen-bond donors (Lipinski definition) is 2. The summed E-state index contributed by atoms with van der Waals surface area (Å²) >= 11 is -1.45. The van der Waals surface area contributed by atoms with Crippen LogP contribution in [0.3, 0.4) is 0 Å². The van der Waals surface area contributed by atoms with Crippen LogP contribution in [0.15, 0.2) is 29.2 Å². The Bertz CT molecular complexity index is 740. The van der Waals surface area contributed by atoms with Gasteiger partial charge in [-0.25, -0.2) is 0 Å². The number of nitrogens with two attached hydrogens (primary N) is 1. The van der Waals surface area contributed by atoms with E-state index >= 15 is 0 Å². The minimum atomic E-state index is -1.45. The van der Waals surface area contributed by atoms with E-state index in [9.17, 15) is 9.59 Å². The van der Waals surface area contributed by atoms with Gasteiger partial charge in [-0.05, 0) is 0 Å². The molecule has 0 amide bonds. The number of aromatic carboxylic acids is 1. The number of carbonyl (C=O) groups is 1. The molecule has 112 valence electrons. The molecule has 1 aromatic carbocycles. The molecule has 0 spiro atoms. The van der Waals surface area contributed by atoms with Crippen molar-refractivity contribution in [3.63, 3.8) is 0 Å². The second-order valence-corrected chi connectivity index (χ2v) is 9.14. The monoisotopic (exact) mass is 352 g/mol. The van der Waals surface area contributed by atoms with E-state index in [0.29, 0.717) is 29.8 Å². The van der Waals surface area contributed by atoms with Crippen molar-refractivity contribution in [1.29, 1.82) is 0 Å². The fourth-order valence-electron chi connectivity index (χ4n) is 2.04. The molecule has 0 radical (unpaired) electrons. The standard InChI is InChI=1S/C14H17AsN2O4/c1-15(2)17-8-11(14(19)20)13(18)10-4-3-9(7-12(10)17)21-6-5-16/h3-4,7-8H,5-6,16H2,1-2H3,(H,19,20). The summed E-state index contributed by atoms with van der Waals surface area (Å²) in [7, 11) is 0. The summed E-state index contributed by atoms with van der Waals surface area (Å²) in [5.41, 5.74) is 9.59. The maximum atomic E-state index is 12.2. The third kappa shape index (κ3) is 3.12. The molecule has 6 nitrogen and oxygen atoms in total. The summed E-state index contributed by atoms with van der Waals surface area (Å²) in [6.45, 7) is 0.796. The predicted molar refractivity (Wildman–Crippen MR) is 82.6 cm³/mol. The Labute approximate surface area is 126 Å². The molecule has 0 atom stereocenters. The normalized spacial score (nSPS) is 11.0. The van der Waals surface area contributed by atoms with Crippen LogP contribution in [0.4, 0.5) is 0 Å². The molecule has 0 bridgehead atoms. The van der Waals surface area contributed by atoms with Gasteiger partial charge in [0.05, 0.1) is 0 Å². The predicted octanol–water partition coefficient (Wildman–Crippen LogP) is 1.14. The quantitative estimate of drug-likeness (QED) is 0.787. The first-order chi connectivity index (χ1) is 9.95. The van der Waals surface area contributed by atoms with Gasteiger partial charge < -0.3 is 0 Å². The summed E-state index contributed by atoms with van der Waals surface area (Å²) in [5.74, 6) is -0.574. The van der Waals surface area contributed by atoms with Crippen molar-refractivity contribution < 1.29 is 14.6 Å². The first-order valence-electron chi connectivity index (χ1n) is 6.39. The van der Waals surface area contributed by atoms with E-state index in [1.54, 1.807) is 18.2 Å². The van der Waals surface area contributed by atoms with Crippen LogP contribution in [-0.4, -0.2) is 42.6 Å². The fourth-order valence-corrected chi connectivity index (χ4v) is 4.02. The van der Waals surface area contributed by atoms with Gasteiger partial charge in [0.1, 0.15) is 0 Å². The summed E-state index contributed by atoms with van der Waals surface area (Å²) in [6, 6.07) is 5.05. The van der Waals surface area contributed by atoms with Crippen LogP contribution in [0.5, 0.6) is 5.75 Å². The van der Waals surface area contributed by atoms with E-state index in [-0.39, 0.29) is 5.56 Å². The number of pyridine rings is 1. The van der Waals surface area contributed by atoms with Crippen molar-refractivity contribution in [3.8, 4) is 5.75 Å². The molecule has 0 fully saturated rings. The zero-order chi connectivity index (χ0) is 15.6. The average Bonchev–Trinajstić information content (AvgIpc) is 2.44. The Morgan fingerprint density at radius 1 is 1.43 bits per heavy atom.